The van der Waals surface area contributed by atoms with Gasteiger partial charge in [0.25, 0.3) is 5.91 Å². The fourth-order valence-corrected chi connectivity index (χ4v) is 3.19. The van der Waals surface area contributed by atoms with Crippen molar-refractivity contribution in [3.63, 3.8) is 0 Å². The molecular weight excluding hydrogens is 316 g/mol. The first-order valence-corrected chi connectivity index (χ1v) is 8.41. The number of morpholine rings is 1. The molecule has 3 rings (SSSR count). The summed E-state index contributed by atoms with van der Waals surface area (Å²) in [4.78, 5) is 26.0. The summed E-state index contributed by atoms with van der Waals surface area (Å²) in [5.74, 6) is -0.211. The van der Waals surface area contributed by atoms with Gasteiger partial charge in [0.2, 0.25) is 5.91 Å². The predicted octanol–water partition coefficient (Wildman–Crippen LogP) is 3.25. The second kappa shape index (κ2) is 7.49. The van der Waals surface area contributed by atoms with Crippen LogP contribution >= 0.6 is 0 Å². The summed E-state index contributed by atoms with van der Waals surface area (Å²) in [7, 11) is 0. The molecule has 5 heteroatoms. The van der Waals surface area contributed by atoms with E-state index in [0.29, 0.717) is 24.4 Å². The van der Waals surface area contributed by atoms with E-state index in [1.165, 1.54) is 6.92 Å². The number of hydrogen-bond donors (Lipinski definition) is 1. The Kier molecular flexibility index (Phi) is 5.14. The maximum atomic E-state index is 13.0. The van der Waals surface area contributed by atoms with Crippen molar-refractivity contribution in [2.75, 3.05) is 18.5 Å². The highest BCUT2D eigenvalue weighted by Crippen LogP contribution is 2.29. The van der Waals surface area contributed by atoms with E-state index in [9.17, 15) is 9.59 Å². The van der Waals surface area contributed by atoms with Crippen molar-refractivity contribution in [2.24, 2.45) is 0 Å². The van der Waals surface area contributed by atoms with E-state index in [1.807, 2.05) is 42.2 Å². The second-order valence-corrected chi connectivity index (χ2v) is 6.20. The smallest absolute Gasteiger partial charge is 0.254 e. The number of anilines is 1. The molecule has 1 N–H and O–H groups in total. The summed E-state index contributed by atoms with van der Waals surface area (Å²) in [5.41, 5.74) is 2.25. The molecule has 1 fully saturated rings. The molecule has 1 aliphatic rings. The minimum absolute atomic E-state index is 0.0519. The van der Waals surface area contributed by atoms with Gasteiger partial charge < -0.3 is 15.0 Å². The van der Waals surface area contributed by atoms with Crippen molar-refractivity contribution >= 4 is 17.5 Å². The van der Waals surface area contributed by atoms with Crippen LogP contribution in [0.25, 0.3) is 0 Å². The van der Waals surface area contributed by atoms with E-state index in [0.717, 1.165) is 5.56 Å². The molecule has 0 saturated carbocycles. The summed E-state index contributed by atoms with van der Waals surface area (Å²) in [6.45, 7) is 4.50. The van der Waals surface area contributed by atoms with Crippen molar-refractivity contribution in [2.45, 2.75) is 26.0 Å². The molecule has 0 aliphatic carbocycles. The number of rotatable bonds is 3. The Bertz CT molecular complexity index is 761. The summed E-state index contributed by atoms with van der Waals surface area (Å²) < 4.78 is 5.92. The zero-order chi connectivity index (χ0) is 17.8. The lowest BCUT2D eigenvalue weighted by Gasteiger charge is -2.39. The van der Waals surface area contributed by atoms with Gasteiger partial charge in [0.15, 0.2) is 0 Å². The number of benzene rings is 2. The molecule has 2 aromatic carbocycles. The van der Waals surface area contributed by atoms with Gasteiger partial charge in [-0.15, -0.1) is 0 Å². The lowest BCUT2D eigenvalue weighted by atomic mass is 9.99. The van der Waals surface area contributed by atoms with Crippen LogP contribution in [0, 0.1) is 0 Å². The van der Waals surface area contributed by atoms with Crippen molar-refractivity contribution in [1.29, 1.82) is 0 Å². The Morgan fingerprint density at radius 3 is 2.60 bits per heavy atom. The zero-order valence-electron chi connectivity index (χ0n) is 14.4. The van der Waals surface area contributed by atoms with Crippen molar-refractivity contribution in [3.8, 4) is 0 Å². The summed E-state index contributed by atoms with van der Waals surface area (Å²) in [6.07, 6.45) is -0.141. The molecule has 2 atom stereocenters. The molecule has 0 spiro atoms. The lowest BCUT2D eigenvalue weighted by molar-refractivity contribution is -0.114. The number of carbonyl (C=O) groups is 2. The van der Waals surface area contributed by atoms with Gasteiger partial charge in [0.1, 0.15) is 6.10 Å². The minimum Gasteiger partial charge on any atom is -0.370 e. The van der Waals surface area contributed by atoms with Gasteiger partial charge in [-0.25, -0.2) is 0 Å². The van der Waals surface area contributed by atoms with Crippen LogP contribution in [-0.2, 0) is 9.53 Å². The number of amides is 2. The van der Waals surface area contributed by atoms with Crippen LogP contribution in [0.5, 0.6) is 0 Å². The van der Waals surface area contributed by atoms with Gasteiger partial charge in [-0.1, -0.05) is 36.4 Å². The Hall–Kier alpha value is -2.66. The first-order valence-electron chi connectivity index (χ1n) is 8.41. The van der Waals surface area contributed by atoms with Crippen LogP contribution in [0.2, 0.25) is 0 Å². The number of carbonyl (C=O) groups excluding carboxylic acids is 2. The molecule has 2 aromatic rings. The highest BCUT2D eigenvalue weighted by Gasteiger charge is 2.33. The van der Waals surface area contributed by atoms with Crippen molar-refractivity contribution < 1.29 is 14.3 Å². The molecule has 1 aliphatic heterocycles. The molecule has 2 unspecified atom stereocenters. The zero-order valence-corrected chi connectivity index (χ0v) is 14.4. The maximum absolute atomic E-state index is 13.0. The Labute approximate surface area is 147 Å². The number of nitrogens with one attached hydrogen (secondary N) is 1. The Morgan fingerprint density at radius 1 is 1.12 bits per heavy atom. The van der Waals surface area contributed by atoms with Crippen molar-refractivity contribution in [1.82, 2.24) is 4.90 Å². The van der Waals surface area contributed by atoms with E-state index in [1.54, 1.807) is 24.3 Å². The number of nitrogens with zero attached hydrogens (tertiary/aromatic N) is 1. The standard InChI is InChI=1S/C20H22N2O3/c1-14-19(16-7-4-3-5-8-16)25-12-11-22(14)20(24)17-9-6-10-18(13-17)21-15(2)23/h3-10,13-14,19H,11-12H2,1-2H3,(H,21,23). The molecule has 0 bridgehead atoms. The molecule has 130 valence electrons. The van der Waals surface area contributed by atoms with Crippen LogP contribution in [0.1, 0.15) is 35.9 Å². The molecule has 1 heterocycles. The largest absolute Gasteiger partial charge is 0.370 e. The first kappa shape index (κ1) is 17.2. The van der Waals surface area contributed by atoms with Gasteiger partial charge in [0, 0.05) is 24.7 Å². The molecule has 2 amide bonds. The molecule has 0 aromatic heterocycles. The van der Waals surface area contributed by atoms with Gasteiger partial charge in [-0.05, 0) is 30.7 Å². The van der Waals surface area contributed by atoms with E-state index in [-0.39, 0.29) is 24.0 Å². The third-order valence-electron chi connectivity index (χ3n) is 4.38. The van der Waals surface area contributed by atoms with Gasteiger partial charge in [0.05, 0.1) is 12.6 Å². The molecule has 0 radical (unpaired) electrons. The SMILES string of the molecule is CC(=O)Nc1cccc(C(=O)N2CCOC(c3ccccc3)C2C)c1. The minimum atomic E-state index is -0.159. The second-order valence-electron chi connectivity index (χ2n) is 6.20. The van der Waals surface area contributed by atoms with E-state index in [4.69, 9.17) is 4.74 Å². The van der Waals surface area contributed by atoms with Crippen LogP contribution in [0.3, 0.4) is 0 Å². The maximum Gasteiger partial charge on any atom is 0.254 e. The quantitative estimate of drug-likeness (QED) is 0.934. The third-order valence-corrected chi connectivity index (χ3v) is 4.38. The average Bonchev–Trinajstić information content (AvgIpc) is 2.62. The summed E-state index contributed by atoms with van der Waals surface area (Å²) >= 11 is 0. The summed E-state index contributed by atoms with van der Waals surface area (Å²) in [5, 5.41) is 2.71. The van der Waals surface area contributed by atoms with Crippen LogP contribution in [0.15, 0.2) is 54.6 Å². The number of hydrogen-bond acceptors (Lipinski definition) is 3. The summed E-state index contributed by atoms with van der Waals surface area (Å²) in [6, 6.07) is 16.9. The fourth-order valence-electron chi connectivity index (χ4n) is 3.19. The monoisotopic (exact) mass is 338 g/mol. The van der Waals surface area contributed by atoms with Crippen LogP contribution < -0.4 is 5.32 Å². The molecule has 25 heavy (non-hydrogen) atoms. The van der Waals surface area contributed by atoms with E-state index >= 15 is 0 Å². The lowest BCUT2D eigenvalue weighted by Crippen LogP contribution is -2.48. The van der Waals surface area contributed by atoms with Gasteiger partial charge >= 0.3 is 0 Å². The number of ether oxygens (including phenoxy) is 1. The molecule has 5 nitrogen and oxygen atoms in total. The normalized spacial score (nSPS) is 20.2. The first-order chi connectivity index (χ1) is 12.1. The van der Waals surface area contributed by atoms with Crippen LogP contribution in [0.4, 0.5) is 5.69 Å². The van der Waals surface area contributed by atoms with Gasteiger partial charge in [-0.2, -0.15) is 0 Å². The predicted molar refractivity (Wildman–Crippen MR) is 96.4 cm³/mol. The van der Waals surface area contributed by atoms with Crippen molar-refractivity contribution in [3.05, 3.63) is 65.7 Å². The van der Waals surface area contributed by atoms with E-state index < -0.39 is 0 Å². The Morgan fingerprint density at radius 2 is 1.88 bits per heavy atom. The third kappa shape index (κ3) is 3.88. The molecular formula is C20H22N2O3. The average molecular weight is 338 g/mol. The molecule has 1 saturated heterocycles. The van der Waals surface area contributed by atoms with E-state index in [2.05, 4.69) is 5.32 Å². The highest BCUT2D eigenvalue weighted by atomic mass is 16.5. The topological polar surface area (TPSA) is 58.6 Å². The van der Waals surface area contributed by atoms with Gasteiger partial charge in [-0.3, -0.25) is 9.59 Å². The Balaban J connectivity index is 1.81. The fraction of sp³-hybridized carbons (Fsp3) is 0.300. The van der Waals surface area contributed by atoms with Crippen LogP contribution in [-0.4, -0.2) is 35.9 Å². The highest BCUT2D eigenvalue weighted by molar-refractivity contribution is 5.97.